The molecule has 1 aliphatic heterocycles. The first-order valence-corrected chi connectivity index (χ1v) is 13.2. The lowest BCUT2D eigenvalue weighted by atomic mass is 9.88. The topological polar surface area (TPSA) is 141 Å². The van der Waals surface area contributed by atoms with Crippen LogP contribution in [0.3, 0.4) is 0 Å². The number of fused-ring (bicyclic) bond motifs is 1. The van der Waals surface area contributed by atoms with E-state index in [1.54, 1.807) is 32.0 Å². The number of rotatable bonds is 8. The summed E-state index contributed by atoms with van der Waals surface area (Å²) >= 11 is 0.680. The fourth-order valence-electron chi connectivity index (χ4n) is 4.12. The molecule has 1 aliphatic carbocycles. The van der Waals surface area contributed by atoms with Gasteiger partial charge >= 0.3 is 6.29 Å². The summed E-state index contributed by atoms with van der Waals surface area (Å²) < 4.78 is 44.9. The molecule has 0 atom stereocenters. The zero-order valence-electron chi connectivity index (χ0n) is 22.4. The molecular formula is C29H37F2NO7S. The summed E-state index contributed by atoms with van der Waals surface area (Å²) in [6, 6.07) is 15.7. The number of aryl methyl sites for hydroxylation is 1. The third-order valence-electron chi connectivity index (χ3n) is 6.82. The van der Waals surface area contributed by atoms with Crippen LogP contribution in [0, 0.1) is 12.3 Å². The Morgan fingerprint density at radius 3 is 2.20 bits per heavy atom. The largest absolute Gasteiger partial charge is 0.586 e. The van der Waals surface area contributed by atoms with E-state index in [1.165, 1.54) is 12.1 Å². The molecule has 0 saturated heterocycles. The Labute approximate surface area is 238 Å². The maximum Gasteiger partial charge on any atom is 0.586 e. The molecule has 0 amide bonds. The second-order valence-electron chi connectivity index (χ2n) is 10.6. The van der Waals surface area contributed by atoms with E-state index >= 15 is 0 Å². The van der Waals surface area contributed by atoms with Crippen molar-refractivity contribution in [3.05, 3.63) is 71.4 Å². The number of aliphatic hydroxyl groups is 2. The van der Waals surface area contributed by atoms with Crippen LogP contribution in [0.25, 0.3) is 11.3 Å². The summed E-state index contributed by atoms with van der Waals surface area (Å²) in [4.78, 5) is 18.7. The minimum atomic E-state index is -3.68. The molecule has 220 valence electrons. The van der Waals surface area contributed by atoms with Gasteiger partial charge < -0.3 is 29.7 Å². The predicted octanol–water partition coefficient (Wildman–Crippen LogP) is 5.45. The van der Waals surface area contributed by atoms with Crippen LogP contribution in [0.2, 0.25) is 0 Å². The SMILES string of the molecule is CC(C)(CO)CO.Cc1ccc(CC(=O)C2(c3ccc4c(c3)OC(F)(F)O4)CC2)nc1-c1ccc(SO)cc1.O.[HH].[HH]. The van der Waals surface area contributed by atoms with E-state index in [9.17, 15) is 13.6 Å². The number of ketones is 1. The summed E-state index contributed by atoms with van der Waals surface area (Å²) in [5.41, 5.74) is 2.95. The molecular weight excluding hydrogens is 544 g/mol. The lowest BCUT2D eigenvalue weighted by Gasteiger charge is -2.16. The molecule has 5 rings (SSSR count). The summed E-state index contributed by atoms with van der Waals surface area (Å²) in [6.45, 7) is 5.64. The van der Waals surface area contributed by atoms with Crippen molar-refractivity contribution in [2.24, 2.45) is 5.41 Å². The van der Waals surface area contributed by atoms with Crippen molar-refractivity contribution in [1.29, 1.82) is 0 Å². The van der Waals surface area contributed by atoms with Gasteiger partial charge in [0.2, 0.25) is 0 Å². The number of halogens is 2. The van der Waals surface area contributed by atoms with Gasteiger partial charge in [-0.25, -0.2) is 0 Å². The van der Waals surface area contributed by atoms with Crippen LogP contribution in [0.5, 0.6) is 11.5 Å². The van der Waals surface area contributed by atoms with Crippen LogP contribution in [0.15, 0.2) is 59.5 Å². The van der Waals surface area contributed by atoms with Gasteiger partial charge in [0.1, 0.15) is 5.78 Å². The highest BCUT2D eigenvalue weighted by molar-refractivity contribution is 7.93. The van der Waals surface area contributed by atoms with Gasteiger partial charge in [-0.05, 0) is 61.2 Å². The molecule has 1 aromatic heterocycles. The molecule has 0 spiro atoms. The van der Waals surface area contributed by atoms with Crippen molar-refractivity contribution < 1.29 is 46.1 Å². The van der Waals surface area contributed by atoms with Crippen LogP contribution in [-0.2, 0) is 16.6 Å². The maximum atomic E-state index is 13.3. The van der Waals surface area contributed by atoms with Crippen molar-refractivity contribution >= 4 is 17.8 Å². The van der Waals surface area contributed by atoms with E-state index in [-0.39, 0.29) is 50.7 Å². The highest BCUT2D eigenvalue weighted by atomic mass is 32.2. The van der Waals surface area contributed by atoms with E-state index in [1.807, 2.05) is 31.2 Å². The third kappa shape index (κ3) is 6.97. The van der Waals surface area contributed by atoms with E-state index in [2.05, 4.69) is 9.47 Å². The Morgan fingerprint density at radius 1 is 1.02 bits per heavy atom. The average Bonchev–Trinajstić information content (AvgIpc) is 3.67. The van der Waals surface area contributed by atoms with Gasteiger partial charge in [-0.1, -0.05) is 38.1 Å². The number of Topliss-reactive ketones (excluding diaryl/α,β-unsaturated/α-hetero) is 1. The first-order valence-electron chi connectivity index (χ1n) is 12.5. The number of ether oxygens (including phenoxy) is 2. The molecule has 11 heteroatoms. The molecule has 0 radical (unpaired) electrons. The molecule has 0 unspecified atom stereocenters. The molecule has 0 bridgehead atoms. The standard InChI is InChI=1S/C24H19F2NO4S.C5H12O2.H2O.2H2/c1-14-2-6-17(27-22(14)15-3-7-18(32-29)8-4-15)13-21(28)23(10-11-23)16-5-9-19-20(12-16)31-24(25,26)30-19;1-5(2,3-6)4-7;;;/h2-9,12,29H,10-11,13H2,1H3;6-7H,3-4H2,1-2H3;1H2;2*1H. The number of hydrogen-bond donors (Lipinski definition) is 3. The summed E-state index contributed by atoms with van der Waals surface area (Å²) in [5, 5.41) is 16.9. The number of alkyl halides is 2. The van der Waals surface area contributed by atoms with Gasteiger partial charge in [0.25, 0.3) is 0 Å². The van der Waals surface area contributed by atoms with Crippen LogP contribution in [0.1, 0.15) is 46.4 Å². The third-order valence-corrected chi connectivity index (χ3v) is 7.31. The summed E-state index contributed by atoms with van der Waals surface area (Å²) in [7, 11) is 0. The molecule has 2 aromatic carbocycles. The molecule has 40 heavy (non-hydrogen) atoms. The molecule has 2 heterocycles. The minimum absolute atomic E-state index is 0. The van der Waals surface area contributed by atoms with Gasteiger partial charge in [0, 0.05) is 42.9 Å². The second-order valence-corrected chi connectivity index (χ2v) is 11.2. The average molecular weight is 582 g/mol. The van der Waals surface area contributed by atoms with Crippen molar-refractivity contribution in [3.63, 3.8) is 0 Å². The van der Waals surface area contributed by atoms with E-state index in [4.69, 9.17) is 19.7 Å². The number of hydrogen-bond acceptors (Lipinski definition) is 8. The molecule has 5 N–H and O–H groups in total. The van der Waals surface area contributed by atoms with E-state index < -0.39 is 11.7 Å². The van der Waals surface area contributed by atoms with Crippen molar-refractivity contribution in [1.82, 2.24) is 4.98 Å². The second kappa shape index (κ2) is 12.2. The number of carbonyl (C=O) groups is 1. The first-order chi connectivity index (χ1) is 18.4. The monoisotopic (exact) mass is 581 g/mol. The Bertz CT molecular complexity index is 1350. The number of aromatic nitrogens is 1. The fraction of sp³-hybridized carbons (Fsp3) is 0.379. The molecule has 3 aromatic rings. The lowest BCUT2D eigenvalue weighted by Crippen LogP contribution is -2.26. The highest BCUT2D eigenvalue weighted by Gasteiger charge is 2.52. The van der Waals surface area contributed by atoms with Gasteiger partial charge in [-0.3, -0.25) is 9.78 Å². The molecule has 1 saturated carbocycles. The smallest absolute Gasteiger partial charge is 0.412 e. The summed E-state index contributed by atoms with van der Waals surface area (Å²) in [6.07, 6.45) is -2.23. The molecule has 2 aliphatic rings. The quantitative estimate of drug-likeness (QED) is 0.298. The lowest BCUT2D eigenvalue weighted by molar-refractivity contribution is -0.286. The highest BCUT2D eigenvalue weighted by Crippen LogP contribution is 2.52. The molecule has 8 nitrogen and oxygen atoms in total. The maximum absolute atomic E-state index is 13.3. The first kappa shape index (κ1) is 31.4. The Hall–Kier alpha value is -3.09. The zero-order valence-corrected chi connectivity index (χ0v) is 23.2. The van der Waals surface area contributed by atoms with Crippen molar-refractivity contribution in [3.8, 4) is 22.8 Å². The number of pyridine rings is 1. The van der Waals surface area contributed by atoms with Crippen LogP contribution in [-0.4, -0.2) is 50.5 Å². The molecule has 1 fully saturated rings. The Morgan fingerprint density at radius 2 is 1.65 bits per heavy atom. The number of carbonyl (C=O) groups excluding carboxylic acids is 1. The Kier molecular flexibility index (Phi) is 9.58. The Balaban J connectivity index is 0.000000792. The van der Waals surface area contributed by atoms with Crippen LogP contribution < -0.4 is 9.47 Å². The van der Waals surface area contributed by atoms with Crippen LogP contribution >= 0.6 is 12.0 Å². The number of aliphatic hydroxyl groups excluding tert-OH is 2. The van der Waals surface area contributed by atoms with E-state index in [0.29, 0.717) is 36.1 Å². The van der Waals surface area contributed by atoms with Crippen molar-refractivity contribution in [2.45, 2.75) is 56.6 Å². The predicted molar refractivity (Wildman–Crippen MR) is 151 cm³/mol. The zero-order chi connectivity index (χ0) is 28.4. The van der Waals surface area contributed by atoms with Gasteiger partial charge in [-0.15, -0.1) is 8.78 Å². The van der Waals surface area contributed by atoms with Crippen molar-refractivity contribution in [2.75, 3.05) is 13.2 Å². The minimum Gasteiger partial charge on any atom is -0.412 e. The van der Waals surface area contributed by atoms with Crippen LogP contribution in [0.4, 0.5) is 8.78 Å². The van der Waals surface area contributed by atoms with Gasteiger partial charge in [-0.2, -0.15) is 0 Å². The van der Waals surface area contributed by atoms with Gasteiger partial charge in [0.05, 0.1) is 24.3 Å². The number of nitrogens with zero attached hydrogens (tertiary/aromatic N) is 1. The van der Waals surface area contributed by atoms with E-state index in [0.717, 1.165) is 21.7 Å². The summed E-state index contributed by atoms with van der Waals surface area (Å²) in [5.74, 6) is -0.0817. The number of benzene rings is 2. The fourth-order valence-corrected chi connectivity index (χ4v) is 4.38. The van der Waals surface area contributed by atoms with Gasteiger partial charge in [0.15, 0.2) is 11.5 Å². The normalized spacial score (nSPS) is 15.9.